The van der Waals surface area contributed by atoms with Crippen molar-refractivity contribution in [2.75, 3.05) is 0 Å². The molecule has 0 saturated carbocycles. The quantitative estimate of drug-likeness (QED) is 0.190. The van der Waals surface area contributed by atoms with Gasteiger partial charge < -0.3 is 0 Å². The fraction of sp³-hybridized carbons (Fsp3) is 0.200. The van der Waals surface area contributed by atoms with E-state index in [9.17, 15) is 0 Å². The monoisotopic (exact) mass is 510 g/mol. The van der Waals surface area contributed by atoms with Gasteiger partial charge in [0, 0.05) is 11.1 Å². The van der Waals surface area contributed by atoms with Gasteiger partial charge in [0.25, 0.3) is 0 Å². The summed E-state index contributed by atoms with van der Waals surface area (Å²) < 4.78 is 0. The second-order valence-corrected chi connectivity index (χ2v) is 21.8. The lowest BCUT2D eigenvalue weighted by molar-refractivity contribution is 1.60. The Kier molecular flexibility index (Phi) is 7.17. The number of thiophene rings is 2. The first-order valence-electron chi connectivity index (χ1n) is 11.5. The molecule has 2 aromatic carbocycles. The zero-order valence-electron chi connectivity index (χ0n) is 20.7. The molecular formula is C30H30S2Si2. The molecule has 2 heterocycles. The van der Waals surface area contributed by atoms with Crippen LogP contribution in [0, 0.1) is 22.9 Å². The summed E-state index contributed by atoms with van der Waals surface area (Å²) in [5.74, 6) is 6.89. The number of benzene rings is 2. The van der Waals surface area contributed by atoms with Crippen molar-refractivity contribution in [3.8, 4) is 56.3 Å². The third-order valence-electron chi connectivity index (χ3n) is 5.16. The molecule has 4 aromatic rings. The average molecular weight is 511 g/mol. The summed E-state index contributed by atoms with van der Waals surface area (Å²) in [7, 11) is -2.78. The van der Waals surface area contributed by atoms with Crippen molar-refractivity contribution in [2.24, 2.45) is 0 Å². The first-order chi connectivity index (χ1) is 16.1. The van der Waals surface area contributed by atoms with Crippen LogP contribution in [-0.4, -0.2) is 16.1 Å². The second kappa shape index (κ2) is 9.94. The lowest BCUT2D eigenvalue weighted by Crippen LogP contribution is -2.16. The lowest BCUT2D eigenvalue weighted by Gasteiger charge is -2.07. The van der Waals surface area contributed by atoms with E-state index in [4.69, 9.17) is 0 Å². The summed E-state index contributed by atoms with van der Waals surface area (Å²) in [6, 6.07) is 22.1. The Morgan fingerprint density at radius 1 is 0.471 bits per heavy atom. The van der Waals surface area contributed by atoms with E-state index >= 15 is 0 Å². The van der Waals surface area contributed by atoms with Crippen molar-refractivity contribution < 1.29 is 0 Å². The minimum Gasteiger partial charge on any atom is -0.135 e. The third-order valence-corrected chi connectivity index (χ3v) is 8.57. The summed E-state index contributed by atoms with van der Waals surface area (Å²) in [5, 5.41) is 4.28. The molecule has 0 unspecified atom stereocenters. The fourth-order valence-electron chi connectivity index (χ4n) is 3.44. The van der Waals surface area contributed by atoms with Gasteiger partial charge in [-0.15, -0.1) is 33.8 Å². The van der Waals surface area contributed by atoms with Crippen molar-refractivity contribution in [2.45, 2.75) is 39.3 Å². The predicted octanol–water partition coefficient (Wildman–Crippen LogP) is 9.27. The highest BCUT2D eigenvalue weighted by Crippen LogP contribution is 2.32. The maximum Gasteiger partial charge on any atom is 0.129 e. The van der Waals surface area contributed by atoms with Gasteiger partial charge in [-0.25, -0.2) is 0 Å². The lowest BCUT2D eigenvalue weighted by atomic mass is 9.98. The van der Waals surface area contributed by atoms with E-state index in [0.29, 0.717) is 0 Å². The van der Waals surface area contributed by atoms with Gasteiger partial charge in [-0.1, -0.05) is 99.7 Å². The Morgan fingerprint density at radius 3 is 1.12 bits per heavy atom. The van der Waals surface area contributed by atoms with Gasteiger partial charge in [0.15, 0.2) is 0 Å². The van der Waals surface area contributed by atoms with Gasteiger partial charge >= 0.3 is 0 Å². The molecule has 0 saturated heterocycles. The zero-order chi connectivity index (χ0) is 24.3. The van der Waals surface area contributed by atoms with Gasteiger partial charge in [0.1, 0.15) is 16.1 Å². The molecule has 0 bridgehead atoms. The Hall–Kier alpha value is -2.61. The van der Waals surface area contributed by atoms with E-state index < -0.39 is 16.1 Å². The standard InChI is InChI=1S/C30H30S2Si2/c1-33(2,3)21-17-29-27(15-19-31-29)25-11-7-23(8-12-25)24-9-13-26(14-10-24)28-16-20-32-30(28)18-22-34(4,5)6/h7-16,19-20H,1-6H3. The molecule has 0 spiro atoms. The highest BCUT2D eigenvalue weighted by molar-refractivity contribution is 7.11. The van der Waals surface area contributed by atoms with Crippen LogP contribution < -0.4 is 0 Å². The van der Waals surface area contributed by atoms with Crippen LogP contribution in [0.1, 0.15) is 9.75 Å². The molecule has 0 nitrogen and oxygen atoms in total. The normalized spacial score (nSPS) is 11.4. The number of hydrogen-bond acceptors (Lipinski definition) is 2. The van der Waals surface area contributed by atoms with Crippen LogP contribution in [0.25, 0.3) is 33.4 Å². The molecule has 0 aliphatic heterocycles. The second-order valence-electron chi connectivity index (χ2n) is 10.5. The zero-order valence-corrected chi connectivity index (χ0v) is 24.4. The summed E-state index contributed by atoms with van der Waals surface area (Å²) in [4.78, 5) is 2.34. The van der Waals surface area contributed by atoms with Gasteiger partial charge in [0.2, 0.25) is 0 Å². The Morgan fingerprint density at radius 2 is 0.794 bits per heavy atom. The van der Waals surface area contributed by atoms with E-state index in [1.54, 1.807) is 22.7 Å². The minimum absolute atomic E-state index is 1.17. The Bertz CT molecular complexity index is 1290. The molecule has 0 amide bonds. The summed E-state index contributed by atoms with van der Waals surface area (Å²) in [6.07, 6.45) is 0. The largest absolute Gasteiger partial charge is 0.135 e. The first-order valence-corrected chi connectivity index (χ1v) is 20.3. The summed E-state index contributed by atoms with van der Waals surface area (Å²) in [5.41, 5.74) is 14.4. The van der Waals surface area contributed by atoms with E-state index in [1.807, 2.05) is 0 Å². The van der Waals surface area contributed by atoms with E-state index in [0.717, 1.165) is 0 Å². The average Bonchev–Trinajstić information content (AvgIpc) is 3.45. The Balaban J connectivity index is 1.56. The van der Waals surface area contributed by atoms with Crippen molar-refractivity contribution >= 4 is 38.8 Å². The van der Waals surface area contributed by atoms with Crippen LogP contribution in [0.4, 0.5) is 0 Å². The fourth-order valence-corrected chi connectivity index (χ4v) is 6.15. The summed E-state index contributed by atoms with van der Waals surface area (Å²) in [6.45, 7) is 13.7. The first kappa shape index (κ1) is 24.5. The highest BCUT2D eigenvalue weighted by Gasteiger charge is 2.11. The van der Waals surface area contributed by atoms with E-state index in [1.165, 1.54) is 43.1 Å². The molecule has 34 heavy (non-hydrogen) atoms. The van der Waals surface area contributed by atoms with Crippen LogP contribution in [0.3, 0.4) is 0 Å². The molecule has 0 aliphatic rings. The van der Waals surface area contributed by atoms with Crippen LogP contribution in [0.5, 0.6) is 0 Å². The molecule has 0 aliphatic carbocycles. The van der Waals surface area contributed by atoms with Crippen molar-refractivity contribution in [1.82, 2.24) is 0 Å². The smallest absolute Gasteiger partial charge is 0.129 e. The molecule has 4 heteroatoms. The van der Waals surface area contributed by atoms with E-state index in [-0.39, 0.29) is 0 Å². The predicted molar refractivity (Wildman–Crippen MR) is 159 cm³/mol. The molecule has 0 radical (unpaired) electrons. The number of rotatable bonds is 3. The van der Waals surface area contributed by atoms with Crippen molar-refractivity contribution in [3.05, 3.63) is 81.2 Å². The molecule has 0 atom stereocenters. The topological polar surface area (TPSA) is 0 Å². The minimum atomic E-state index is -1.39. The van der Waals surface area contributed by atoms with Crippen molar-refractivity contribution in [3.63, 3.8) is 0 Å². The van der Waals surface area contributed by atoms with Gasteiger partial charge in [-0.3, -0.25) is 0 Å². The third kappa shape index (κ3) is 6.29. The van der Waals surface area contributed by atoms with Gasteiger partial charge in [-0.2, -0.15) is 0 Å². The molecule has 4 rings (SSSR count). The molecule has 170 valence electrons. The molecular weight excluding hydrogens is 481 g/mol. The van der Waals surface area contributed by atoms with Gasteiger partial charge in [0.05, 0.1) is 9.75 Å². The van der Waals surface area contributed by atoms with Crippen LogP contribution in [0.15, 0.2) is 71.4 Å². The van der Waals surface area contributed by atoms with Crippen LogP contribution >= 0.6 is 22.7 Å². The number of hydrogen-bond donors (Lipinski definition) is 0. The SMILES string of the molecule is C[Si](C)(C)C#Cc1sccc1-c1ccc(-c2ccc(-c3ccsc3C#C[Si](C)(C)C)cc2)cc1. The molecule has 0 N–H and O–H groups in total. The van der Waals surface area contributed by atoms with Gasteiger partial charge in [-0.05, 0) is 45.1 Å². The van der Waals surface area contributed by atoms with E-state index in [2.05, 4.69) is 134 Å². The highest BCUT2D eigenvalue weighted by atomic mass is 32.1. The van der Waals surface area contributed by atoms with Crippen LogP contribution in [-0.2, 0) is 0 Å². The van der Waals surface area contributed by atoms with Crippen LogP contribution in [0.2, 0.25) is 39.3 Å². The van der Waals surface area contributed by atoms with Crippen molar-refractivity contribution in [1.29, 1.82) is 0 Å². The summed E-state index contributed by atoms with van der Waals surface area (Å²) >= 11 is 3.47. The maximum atomic E-state index is 3.50. The molecule has 2 aromatic heterocycles. The molecule has 0 fully saturated rings. The maximum absolute atomic E-state index is 3.50. The Labute approximate surface area is 214 Å².